The van der Waals surface area contributed by atoms with E-state index in [2.05, 4.69) is 42.7 Å². The van der Waals surface area contributed by atoms with Gasteiger partial charge in [-0.3, -0.25) is 0 Å². The molecular weight excluding hydrogens is 358 g/mol. The summed E-state index contributed by atoms with van der Waals surface area (Å²) in [5.41, 5.74) is 2.51. The molecule has 0 bridgehead atoms. The molecule has 0 amide bonds. The van der Waals surface area contributed by atoms with Crippen LogP contribution in [0, 0.1) is 0 Å². The lowest BCUT2D eigenvalue weighted by molar-refractivity contribution is 0.307. The Morgan fingerprint density at radius 1 is 0.621 bits per heavy atom. The average Bonchev–Trinajstić information content (AvgIpc) is 2.75. The predicted octanol–water partition coefficient (Wildman–Crippen LogP) is 6.45. The fraction of sp³-hybridized carbons (Fsp3) is 0.385. The molecule has 1 N–H and O–H groups in total. The van der Waals surface area contributed by atoms with Crippen LogP contribution in [0.25, 0.3) is 0 Å². The summed E-state index contributed by atoms with van der Waals surface area (Å²) < 4.78 is 11.5. The highest BCUT2D eigenvalue weighted by Gasteiger charge is 1.99. The lowest BCUT2D eigenvalue weighted by Gasteiger charge is -2.09. The maximum atomic E-state index is 5.77. The van der Waals surface area contributed by atoms with Gasteiger partial charge in [0, 0.05) is 13.1 Å². The molecule has 0 spiro atoms. The van der Waals surface area contributed by atoms with Gasteiger partial charge in [-0.2, -0.15) is 0 Å². The van der Waals surface area contributed by atoms with E-state index in [1.807, 2.05) is 36.4 Å². The number of hydrogen-bond acceptors (Lipinski definition) is 3. The Hall–Kier alpha value is -2.52. The summed E-state index contributed by atoms with van der Waals surface area (Å²) in [6, 6.07) is 16.7. The minimum Gasteiger partial charge on any atom is -0.494 e. The first-order chi connectivity index (χ1) is 14.3. The zero-order valence-corrected chi connectivity index (χ0v) is 17.6. The fourth-order valence-corrected chi connectivity index (χ4v) is 2.92. The fourth-order valence-electron chi connectivity index (χ4n) is 2.92. The lowest BCUT2D eigenvalue weighted by Crippen LogP contribution is -2.12. The molecule has 0 atom stereocenters. The second kappa shape index (κ2) is 14.5. The molecule has 0 fully saturated rings. The molecule has 2 aromatic rings. The van der Waals surface area contributed by atoms with Crippen molar-refractivity contribution in [2.45, 2.75) is 51.6 Å². The first kappa shape index (κ1) is 22.8. The van der Waals surface area contributed by atoms with E-state index >= 15 is 0 Å². The van der Waals surface area contributed by atoms with E-state index in [0.717, 1.165) is 76.3 Å². The maximum Gasteiger partial charge on any atom is 0.119 e. The third-order valence-electron chi connectivity index (χ3n) is 4.65. The van der Waals surface area contributed by atoms with Crippen LogP contribution < -0.4 is 14.8 Å². The largest absolute Gasteiger partial charge is 0.494 e. The van der Waals surface area contributed by atoms with Crippen molar-refractivity contribution in [1.82, 2.24) is 5.32 Å². The summed E-state index contributed by atoms with van der Waals surface area (Å²) in [6.45, 7) is 10.7. The molecule has 2 aromatic carbocycles. The molecule has 0 radical (unpaired) electrons. The van der Waals surface area contributed by atoms with E-state index in [4.69, 9.17) is 9.47 Å². The SMILES string of the molecule is C=CCCCCOc1ccc(CNCc2ccc(OCCCCC=C)cc2)cc1. The van der Waals surface area contributed by atoms with Crippen LogP contribution in [0.1, 0.15) is 49.7 Å². The molecule has 0 aliphatic heterocycles. The highest BCUT2D eigenvalue weighted by atomic mass is 16.5. The normalized spacial score (nSPS) is 10.5. The summed E-state index contributed by atoms with van der Waals surface area (Å²) in [7, 11) is 0. The number of benzene rings is 2. The molecule has 0 heterocycles. The second-order valence-corrected chi connectivity index (χ2v) is 7.16. The molecule has 3 nitrogen and oxygen atoms in total. The molecule has 156 valence electrons. The number of unbranched alkanes of at least 4 members (excludes halogenated alkanes) is 4. The Balaban J connectivity index is 1.62. The Morgan fingerprint density at radius 2 is 1.03 bits per heavy atom. The van der Waals surface area contributed by atoms with Gasteiger partial charge in [0.25, 0.3) is 0 Å². The van der Waals surface area contributed by atoms with Crippen molar-refractivity contribution in [2.75, 3.05) is 13.2 Å². The van der Waals surface area contributed by atoms with E-state index in [9.17, 15) is 0 Å². The first-order valence-electron chi connectivity index (χ1n) is 10.7. The van der Waals surface area contributed by atoms with E-state index in [-0.39, 0.29) is 0 Å². The Morgan fingerprint density at radius 3 is 1.41 bits per heavy atom. The molecule has 0 aliphatic carbocycles. The van der Waals surface area contributed by atoms with Gasteiger partial charge in [-0.1, -0.05) is 36.4 Å². The summed E-state index contributed by atoms with van der Waals surface area (Å²) in [4.78, 5) is 0. The zero-order valence-electron chi connectivity index (χ0n) is 17.6. The van der Waals surface area contributed by atoms with Gasteiger partial charge < -0.3 is 14.8 Å². The molecule has 0 aromatic heterocycles. The average molecular weight is 394 g/mol. The molecule has 29 heavy (non-hydrogen) atoms. The van der Waals surface area contributed by atoms with Crippen LogP contribution >= 0.6 is 0 Å². The smallest absolute Gasteiger partial charge is 0.119 e. The lowest BCUT2D eigenvalue weighted by atomic mass is 10.2. The van der Waals surface area contributed by atoms with Crippen LogP contribution in [0.4, 0.5) is 0 Å². The van der Waals surface area contributed by atoms with Gasteiger partial charge in [0.05, 0.1) is 13.2 Å². The van der Waals surface area contributed by atoms with Crippen molar-refractivity contribution >= 4 is 0 Å². The Labute approximate surface area is 176 Å². The summed E-state index contributed by atoms with van der Waals surface area (Å²) in [5.74, 6) is 1.87. The van der Waals surface area contributed by atoms with Gasteiger partial charge in [0.15, 0.2) is 0 Å². The van der Waals surface area contributed by atoms with Crippen LogP contribution in [0.3, 0.4) is 0 Å². The predicted molar refractivity (Wildman–Crippen MR) is 123 cm³/mol. The van der Waals surface area contributed by atoms with Crippen LogP contribution in [0.15, 0.2) is 73.8 Å². The number of rotatable bonds is 16. The summed E-state index contributed by atoms with van der Waals surface area (Å²) in [5, 5.41) is 3.49. The van der Waals surface area contributed by atoms with Gasteiger partial charge in [0.1, 0.15) is 11.5 Å². The van der Waals surface area contributed by atoms with Gasteiger partial charge in [-0.15, -0.1) is 13.2 Å². The van der Waals surface area contributed by atoms with E-state index in [0.29, 0.717) is 0 Å². The minimum absolute atomic E-state index is 0.764. The standard InChI is InChI=1S/C26H35NO2/c1-3-5-7-9-19-28-25-15-11-23(12-16-25)21-27-22-24-13-17-26(18-14-24)29-20-10-8-6-4-2/h3-4,11-18,27H,1-2,5-10,19-22H2. The Kier molecular flexibility index (Phi) is 11.4. The third kappa shape index (κ3) is 10.00. The van der Waals surface area contributed by atoms with E-state index < -0.39 is 0 Å². The maximum absolute atomic E-state index is 5.77. The van der Waals surface area contributed by atoms with E-state index in [1.54, 1.807) is 0 Å². The third-order valence-corrected chi connectivity index (χ3v) is 4.65. The number of hydrogen-bond donors (Lipinski definition) is 1. The topological polar surface area (TPSA) is 30.5 Å². The summed E-state index contributed by atoms with van der Waals surface area (Å²) in [6.07, 6.45) is 10.4. The van der Waals surface area contributed by atoms with Crippen molar-refractivity contribution in [3.63, 3.8) is 0 Å². The second-order valence-electron chi connectivity index (χ2n) is 7.16. The van der Waals surface area contributed by atoms with Gasteiger partial charge in [0.2, 0.25) is 0 Å². The van der Waals surface area contributed by atoms with Crippen LogP contribution in [-0.4, -0.2) is 13.2 Å². The van der Waals surface area contributed by atoms with Crippen molar-refractivity contribution in [3.8, 4) is 11.5 Å². The summed E-state index contributed by atoms with van der Waals surface area (Å²) >= 11 is 0. The number of allylic oxidation sites excluding steroid dienone is 2. The molecular formula is C26H35NO2. The Bertz CT molecular complexity index is 630. The van der Waals surface area contributed by atoms with Crippen molar-refractivity contribution in [3.05, 3.63) is 85.0 Å². The molecule has 0 unspecified atom stereocenters. The molecule has 0 saturated heterocycles. The van der Waals surface area contributed by atoms with Gasteiger partial charge in [-0.05, 0) is 73.9 Å². The molecule has 0 saturated carbocycles. The monoisotopic (exact) mass is 393 g/mol. The minimum atomic E-state index is 0.764. The zero-order chi connectivity index (χ0) is 20.6. The van der Waals surface area contributed by atoms with Crippen LogP contribution in [-0.2, 0) is 13.1 Å². The van der Waals surface area contributed by atoms with Gasteiger partial charge >= 0.3 is 0 Å². The number of nitrogens with one attached hydrogen (secondary N) is 1. The highest BCUT2D eigenvalue weighted by Crippen LogP contribution is 2.15. The van der Waals surface area contributed by atoms with Crippen LogP contribution in [0.2, 0.25) is 0 Å². The molecule has 2 rings (SSSR count). The molecule has 0 aliphatic rings. The van der Waals surface area contributed by atoms with Crippen molar-refractivity contribution in [2.24, 2.45) is 0 Å². The van der Waals surface area contributed by atoms with Crippen molar-refractivity contribution < 1.29 is 9.47 Å². The first-order valence-corrected chi connectivity index (χ1v) is 10.7. The highest BCUT2D eigenvalue weighted by molar-refractivity contribution is 5.28. The van der Waals surface area contributed by atoms with Crippen LogP contribution in [0.5, 0.6) is 11.5 Å². The quantitative estimate of drug-likeness (QED) is 0.263. The molecule has 3 heteroatoms. The van der Waals surface area contributed by atoms with E-state index in [1.165, 1.54) is 11.1 Å². The van der Waals surface area contributed by atoms with Gasteiger partial charge in [-0.25, -0.2) is 0 Å². The van der Waals surface area contributed by atoms with Crippen molar-refractivity contribution in [1.29, 1.82) is 0 Å². The number of ether oxygens (including phenoxy) is 2.